The smallest absolute Gasteiger partial charge is 0.262 e. The van der Waals surface area contributed by atoms with E-state index in [9.17, 15) is 4.79 Å². The molecule has 0 bridgehead atoms. The van der Waals surface area contributed by atoms with Crippen LogP contribution in [0.1, 0.15) is 30.5 Å². The first kappa shape index (κ1) is 17.1. The predicted molar refractivity (Wildman–Crippen MR) is 100 cm³/mol. The van der Waals surface area contributed by atoms with Crippen molar-refractivity contribution in [1.82, 2.24) is 0 Å². The number of ether oxygens (including phenoxy) is 2. The van der Waals surface area contributed by atoms with Crippen LogP contribution in [0.2, 0.25) is 0 Å². The highest BCUT2D eigenvalue weighted by atomic mass is 16.5. The lowest BCUT2D eigenvalue weighted by Gasteiger charge is -2.29. The van der Waals surface area contributed by atoms with Crippen LogP contribution < -0.4 is 14.8 Å². The Hall–Kier alpha value is -2.75. The number of anilines is 1. The zero-order valence-electron chi connectivity index (χ0n) is 15.1. The van der Waals surface area contributed by atoms with Gasteiger partial charge >= 0.3 is 0 Å². The number of nitrogens with one attached hydrogen (secondary N) is 1. The van der Waals surface area contributed by atoms with E-state index in [4.69, 9.17) is 9.47 Å². The summed E-state index contributed by atoms with van der Waals surface area (Å²) in [6.07, 6.45) is 4.09. The van der Waals surface area contributed by atoms with Gasteiger partial charge in [0.2, 0.25) is 0 Å². The average Bonchev–Trinajstić information content (AvgIpc) is 2.56. The summed E-state index contributed by atoms with van der Waals surface area (Å²) in [5.41, 5.74) is 3.39. The molecular weight excluding hydrogens is 314 g/mol. The zero-order chi connectivity index (χ0) is 18.0. The van der Waals surface area contributed by atoms with E-state index in [1.54, 1.807) is 0 Å². The van der Waals surface area contributed by atoms with Crippen LogP contribution in [-0.2, 0) is 4.79 Å². The summed E-state index contributed by atoms with van der Waals surface area (Å²) in [7, 11) is 0. The second kappa shape index (κ2) is 6.63. The number of fused-ring (bicyclic) bond motifs is 1. The fourth-order valence-corrected chi connectivity index (χ4v) is 2.75. The highest BCUT2D eigenvalue weighted by Crippen LogP contribution is 2.38. The molecule has 0 unspecified atom stereocenters. The Bertz CT molecular complexity index is 837. The SMILES string of the molecule is Cc1ccccc1NC(=O)COc1ccc2c(c1C)OC(C)(C)C=C2. The van der Waals surface area contributed by atoms with Crippen molar-refractivity contribution in [1.29, 1.82) is 0 Å². The summed E-state index contributed by atoms with van der Waals surface area (Å²) in [6.45, 7) is 7.87. The Balaban J connectivity index is 1.69. The van der Waals surface area contributed by atoms with Crippen molar-refractivity contribution in [3.05, 3.63) is 59.2 Å². The van der Waals surface area contributed by atoms with Crippen molar-refractivity contribution in [2.24, 2.45) is 0 Å². The van der Waals surface area contributed by atoms with Crippen molar-refractivity contribution >= 4 is 17.7 Å². The number of rotatable bonds is 4. The molecule has 1 N–H and O–H groups in total. The minimum atomic E-state index is -0.349. The quantitative estimate of drug-likeness (QED) is 0.893. The number of amides is 1. The minimum absolute atomic E-state index is 0.0484. The summed E-state index contributed by atoms with van der Waals surface area (Å²) in [4.78, 5) is 12.2. The fourth-order valence-electron chi connectivity index (χ4n) is 2.75. The minimum Gasteiger partial charge on any atom is -0.483 e. The maximum Gasteiger partial charge on any atom is 0.262 e. The van der Waals surface area contributed by atoms with E-state index in [1.165, 1.54) is 0 Å². The molecule has 1 amide bonds. The lowest BCUT2D eigenvalue weighted by molar-refractivity contribution is -0.118. The molecule has 0 spiro atoms. The van der Waals surface area contributed by atoms with Crippen LogP contribution in [0.3, 0.4) is 0 Å². The van der Waals surface area contributed by atoms with Crippen LogP contribution in [0.15, 0.2) is 42.5 Å². The summed E-state index contributed by atoms with van der Waals surface area (Å²) in [6, 6.07) is 11.5. The maximum absolute atomic E-state index is 12.2. The van der Waals surface area contributed by atoms with Crippen LogP contribution in [-0.4, -0.2) is 18.1 Å². The molecule has 1 aliphatic rings. The molecule has 0 atom stereocenters. The van der Waals surface area contributed by atoms with Gasteiger partial charge in [-0.2, -0.15) is 0 Å². The van der Waals surface area contributed by atoms with Gasteiger partial charge in [-0.3, -0.25) is 4.79 Å². The largest absolute Gasteiger partial charge is 0.483 e. The van der Waals surface area contributed by atoms with Crippen molar-refractivity contribution in [2.45, 2.75) is 33.3 Å². The molecule has 0 radical (unpaired) electrons. The molecule has 2 aromatic carbocycles. The second-order valence-electron chi connectivity index (χ2n) is 6.80. The molecule has 25 heavy (non-hydrogen) atoms. The van der Waals surface area contributed by atoms with Gasteiger partial charge in [0.05, 0.1) is 0 Å². The topological polar surface area (TPSA) is 47.6 Å². The van der Waals surface area contributed by atoms with Gasteiger partial charge in [0, 0.05) is 16.8 Å². The third-order valence-electron chi connectivity index (χ3n) is 4.19. The number of para-hydroxylation sites is 1. The average molecular weight is 337 g/mol. The van der Waals surface area contributed by atoms with Gasteiger partial charge in [-0.05, 0) is 57.5 Å². The van der Waals surface area contributed by atoms with Crippen LogP contribution >= 0.6 is 0 Å². The van der Waals surface area contributed by atoms with Gasteiger partial charge in [0.1, 0.15) is 17.1 Å². The Kier molecular flexibility index (Phi) is 4.53. The summed E-state index contributed by atoms with van der Waals surface area (Å²) < 4.78 is 11.8. The van der Waals surface area contributed by atoms with E-state index in [0.717, 1.165) is 28.1 Å². The molecule has 0 aromatic heterocycles. The maximum atomic E-state index is 12.2. The molecule has 0 saturated heterocycles. The van der Waals surface area contributed by atoms with Crippen molar-refractivity contribution in [2.75, 3.05) is 11.9 Å². The fraction of sp³-hybridized carbons (Fsp3) is 0.286. The molecule has 4 heteroatoms. The predicted octanol–water partition coefficient (Wildman–Crippen LogP) is 4.51. The number of benzene rings is 2. The van der Waals surface area contributed by atoms with Crippen molar-refractivity contribution in [3.8, 4) is 11.5 Å². The summed E-state index contributed by atoms with van der Waals surface area (Å²) in [5, 5.41) is 2.87. The number of hydrogen-bond acceptors (Lipinski definition) is 3. The van der Waals surface area contributed by atoms with Crippen molar-refractivity contribution < 1.29 is 14.3 Å². The molecule has 0 fully saturated rings. The van der Waals surface area contributed by atoms with E-state index >= 15 is 0 Å². The van der Waals surface area contributed by atoms with E-state index in [2.05, 4.69) is 11.4 Å². The Morgan fingerprint density at radius 2 is 1.92 bits per heavy atom. The first-order valence-electron chi connectivity index (χ1n) is 8.36. The first-order chi connectivity index (χ1) is 11.9. The number of hydrogen-bond donors (Lipinski definition) is 1. The summed E-state index contributed by atoms with van der Waals surface area (Å²) >= 11 is 0. The molecule has 4 nitrogen and oxygen atoms in total. The van der Waals surface area contributed by atoms with Gasteiger partial charge in [0.25, 0.3) is 5.91 Å². The number of carbonyl (C=O) groups excluding carboxylic acids is 1. The molecule has 0 saturated carbocycles. The Morgan fingerprint density at radius 3 is 2.68 bits per heavy atom. The molecule has 3 rings (SSSR count). The number of aryl methyl sites for hydroxylation is 1. The van der Waals surface area contributed by atoms with E-state index in [-0.39, 0.29) is 18.1 Å². The third kappa shape index (κ3) is 3.85. The Labute approximate surface area is 148 Å². The monoisotopic (exact) mass is 337 g/mol. The van der Waals surface area contributed by atoms with Gasteiger partial charge in [-0.1, -0.05) is 24.3 Å². The normalized spacial score (nSPS) is 14.4. The lowest BCUT2D eigenvalue weighted by Crippen LogP contribution is -2.28. The van der Waals surface area contributed by atoms with E-state index in [1.807, 2.05) is 70.2 Å². The molecule has 2 aromatic rings. The second-order valence-corrected chi connectivity index (χ2v) is 6.80. The van der Waals surface area contributed by atoms with Crippen molar-refractivity contribution in [3.63, 3.8) is 0 Å². The van der Waals surface area contributed by atoms with Gasteiger partial charge < -0.3 is 14.8 Å². The lowest BCUT2D eigenvalue weighted by atomic mass is 10.00. The highest BCUT2D eigenvalue weighted by molar-refractivity contribution is 5.92. The standard InChI is InChI=1S/C21H23NO3/c1-14-7-5-6-8-17(14)22-19(23)13-24-18-10-9-16-11-12-21(3,4)25-20(16)15(18)2/h5-12H,13H2,1-4H3,(H,22,23). The van der Waals surface area contributed by atoms with Crippen LogP contribution in [0.5, 0.6) is 11.5 Å². The molecule has 130 valence electrons. The molecular formula is C21H23NO3. The van der Waals surface area contributed by atoms with Gasteiger partial charge in [-0.25, -0.2) is 0 Å². The van der Waals surface area contributed by atoms with E-state index in [0.29, 0.717) is 5.75 Å². The van der Waals surface area contributed by atoms with Gasteiger partial charge in [-0.15, -0.1) is 0 Å². The van der Waals surface area contributed by atoms with Crippen LogP contribution in [0.25, 0.3) is 6.08 Å². The van der Waals surface area contributed by atoms with E-state index < -0.39 is 0 Å². The highest BCUT2D eigenvalue weighted by Gasteiger charge is 2.24. The summed E-state index contributed by atoms with van der Waals surface area (Å²) in [5.74, 6) is 1.28. The third-order valence-corrected chi connectivity index (χ3v) is 4.19. The zero-order valence-corrected chi connectivity index (χ0v) is 15.1. The van der Waals surface area contributed by atoms with Crippen LogP contribution in [0, 0.1) is 13.8 Å². The van der Waals surface area contributed by atoms with Gasteiger partial charge in [0.15, 0.2) is 6.61 Å². The van der Waals surface area contributed by atoms with Crippen LogP contribution in [0.4, 0.5) is 5.69 Å². The Morgan fingerprint density at radius 1 is 1.16 bits per heavy atom. The molecule has 1 heterocycles. The molecule has 1 aliphatic heterocycles. The number of carbonyl (C=O) groups is 1. The molecule has 0 aliphatic carbocycles. The first-order valence-corrected chi connectivity index (χ1v) is 8.36.